The van der Waals surface area contributed by atoms with Crippen LogP contribution in [0.2, 0.25) is 0 Å². The van der Waals surface area contributed by atoms with Gasteiger partial charge in [-0.25, -0.2) is 0 Å². The number of hydrogen-bond acceptors (Lipinski definition) is 5. The molecular weight excluding hydrogens is 558 g/mol. The molecule has 45 heavy (non-hydrogen) atoms. The van der Waals surface area contributed by atoms with Crippen LogP contribution >= 0.6 is 0 Å². The van der Waals surface area contributed by atoms with E-state index < -0.39 is 5.41 Å². The Morgan fingerprint density at radius 3 is 1.78 bits per heavy atom. The fourth-order valence-corrected chi connectivity index (χ4v) is 5.88. The van der Waals surface area contributed by atoms with Crippen LogP contribution in [-0.2, 0) is 33.0 Å². The second-order valence-electron chi connectivity index (χ2n) is 11.4. The molecule has 0 aromatic heterocycles. The van der Waals surface area contributed by atoms with Gasteiger partial charge in [0, 0.05) is 5.56 Å². The molecule has 0 bridgehead atoms. The van der Waals surface area contributed by atoms with Crippen molar-refractivity contribution in [3.05, 3.63) is 162 Å². The minimum Gasteiger partial charge on any atom is -0.470 e. The van der Waals surface area contributed by atoms with Crippen molar-refractivity contribution in [2.75, 3.05) is 0 Å². The topological polar surface area (TPSA) is 57.1 Å². The Hall–Kier alpha value is -5.16. The first-order valence-electron chi connectivity index (χ1n) is 15.6. The van der Waals surface area contributed by atoms with Gasteiger partial charge < -0.3 is 14.3 Å². The minimum absolute atomic E-state index is 0.206. The zero-order chi connectivity index (χ0) is 30.7. The van der Waals surface area contributed by atoms with Gasteiger partial charge in [0.25, 0.3) is 5.90 Å². The molecule has 5 nitrogen and oxygen atoms in total. The van der Waals surface area contributed by atoms with Crippen molar-refractivity contribution in [1.29, 1.82) is 0 Å². The molecule has 6 rings (SSSR count). The van der Waals surface area contributed by atoms with Crippen LogP contribution in [0.25, 0.3) is 11.1 Å². The lowest BCUT2D eigenvalue weighted by atomic mass is 9.69. The smallest absolute Gasteiger partial charge is 0.321 e. The van der Waals surface area contributed by atoms with Gasteiger partial charge in [0.2, 0.25) is 0 Å². The van der Waals surface area contributed by atoms with Crippen LogP contribution in [0, 0.1) is 0 Å². The Kier molecular flexibility index (Phi) is 9.66. The van der Waals surface area contributed by atoms with Gasteiger partial charge in [-0.3, -0.25) is 4.79 Å². The van der Waals surface area contributed by atoms with Crippen molar-refractivity contribution in [2.24, 2.45) is 5.16 Å². The molecular formula is C40H37NO4. The molecule has 0 spiro atoms. The van der Waals surface area contributed by atoms with Crippen molar-refractivity contribution in [1.82, 2.24) is 0 Å². The molecule has 0 unspecified atom stereocenters. The van der Waals surface area contributed by atoms with E-state index >= 15 is 0 Å². The number of benzene rings is 5. The van der Waals surface area contributed by atoms with E-state index in [0.29, 0.717) is 24.9 Å². The van der Waals surface area contributed by atoms with Crippen LogP contribution in [0.15, 0.2) is 145 Å². The van der Waals surface area contributed by atoms with Gasteiger partial charge in [-0.1, -0.05) is 135 Å². The molecule has 1 aliphatic carbocycles. The first-order chi connectivity index (χ1) is 22.2. The normalized spacial score (nSPS) is 14.4. The molecule has 5 aromatic rings. The van der Waals surface area contributed by atoms with E-state index in [0.717, 1.165) is 65.5 Å². The second-order valence-corrected chi connectivity index (χ2v) is 11.4. The monoisotopic (exact) mass is 595 g/mol. The van der Waals surface area contributed by atoms with Crippen molar-refractivity contribution in [2.45, 2.75) is 50.7 Å². The standard InChI is InChI=1S/C40H37NO4/c42-39(40(27-11-4-12-28-40)36-23-19-34(20-24-36)33-17-9-3-10-18-33)45-37-25-21-35(22-26-37)38(43-29-31-13-5-1-6-14-31)41-44-30-32-15-7-2-8-16-32/h1-3,5-10,13-26H,4,11-12,27-30H2/b41-38+. The van der Waals surface area contributed by atoms with Crippen LogP contribution in [0.3, 0.4) is 0 Å². The molecule has 0 atom stereocenters. The number of oxime groups is 1. The van der Waals surface area contributed by atoms with E-state index in [-0.39, 0.29) is 5.97 Å². The molecule has 0 saturated heterocycles. The summed E-state index contributed by atoms with van der Waals surface area (Å²) in [4.78, 5) is 19.6. The third-order valence-corrected chi connectivity index (χ3v) is 8.39. The average Bonchev–Trinajstić information content (AvgIpc) is 3.12. The second kappa shape index (κ2) is 14.5. The molecule has 0 N–H and O–H groups in total. The molecule has 0 heterocycles. The highest BCUT2D eigenvalue weighted by Crippen LogP contribution is 2.41. The summed E-state index contributed by atoms with van der Waals surface area (Å²) in [5.41, 5.74) is 5.40. The number of hydrogen-bond donors (Lipinski definition) is 0. The maximum absolute atomic E-state index is 13.9. The summed E-state index contributed by atoms with van der Waals surface area (Å²) in [6, 6.07) is 45.8. The van der Waals surface area contributed by atoms with Gasteiger partial charge in [0.05, 0.1) is 5.41 Å². The van der Waals surface area contributed by atoms with E-state index in [1.54, 1.807) is 12.1 Å². The third-order valence-electron chi connectivity index (χ3n) is 8.39. The summed E-state index contributed by atoms with van der Waals surface area (Å²) >= 11 is 0. The quantitative estimate of drug-likeness (QED) is 0.0531. The fraction of sp³-hybridized carbons (Fsp3) is 0.200. The summed E-state index contributed by atoms with van der Waals surface area (Å²) in [6.45, 7) is 0.667. The van der Waals surface area contributed by atoms with Gasteiger partial charge in [-0.05, 0) is 70.1 Å². The highest BCUT2D eigenvalue weighted by atomic mass is 16.6. The summed E-state index contributed by atoms with van der Waals surface area (Å²) in [5, 5.41) is 4.33. The minimum atomic E-state index is -0.664. The molecule has 0 radical (unpaired) electrons. The molecule has 5 heteroatoms. The number of ether oxygens (including phenoxy) is 2. The number of carbonyl (C=O) groups excluding carboxylic acids is 1. The number of nitrogens with zero attached hydrogens (tertiary/aromatic N) is 1. The summed E-state index contributed by atoms with van der Waals surface area (Å²) in [6.07, 6.45) is 4.67. The van der Waals surface area contributed by atoms with Gasteiger partial charge in [-0.2, -0.15) is 0 Å². The van der Waals surface area contributed by atoms with Gasteiger partial charge in [0.15, 0.2) is 0 Å². The molecule has 0 aliphatic heterocycles. The van der Waals surface area contributed by atoms with Gasteiger partial charge >= 0.3 is 5.97 Å². The molecule has 1 saturated carbocycles. The summed E-state index contributed by atoms with van der Waals surface area (Å²) < 4.78 is 12.2. The predicted molar refractivity (Wildman–Crippen MR) is 178 cm³/mol. The predicted octanol–water partition coefficient (Wildman–Crippen LogP) is 9.26. The van der Waals surface area contributed by atoms with Gasteiger partial charge in [-0.15, -0.1) is 0 Å². The van der Waals surface area contributed by atoms with Crippen molar-refractivity contribution < 1.29 is 19.1 Å². The van der Waals surface area contributed by atoms with Crippen LogP contribution in [0.5, 0.6) is 5.75 Å². The van der Waals surface area contributed by atoms with Crippen molar-refractivity contribution in [3.63, 3.8) is 0 Å². The first kappa shape index (κ1) is 29.9. The maximum Gasteiger partial charge on any atom is 0.321 e. The Balaban J connectivity index is 1.18. The van der Waals surface area contributed by atoms with E-state index in [4.69, 9.17) is 14.3 Å². The molecule has 1 aliphatic rings. The lowest BCUT2D eigenvalue weighted by molar-refractivity contribution is -0.142. The lowest BCUT2D eigenvalue weighted by Crippen LogP contribution is -2.41. The maximum atomic E-state index is 13.9. The van der Waals surface area contributed by atoms with Gasteiger partial charge in [0.1, 0.15) is 19.0 Å². The molecule has 5 aromatic carbocycles. The van der Waals surface area contributed by atoms with E-state index in [1.165, 1.54) is 0 Å². The fourth-order valence-electron chi connectivity index (χ4n) is 5.88. The summed E-state index contributed by atoms with van der Waals surface area (Å²) in [7, 11) is 0. The Morgan fingerprint density at radius 1 is 0.600 bits per heavy atom. The van der Waals surface area contributed by atoms with Crippen LogP contribution < -0.4 is 4.74 Å². The average molecular weight is 596 g/mol. The van der Waals surface area contributed by atoms with E-state index in [2.05, 4.69) is 41.6 Å². The number of rotatable bonds is 10. The third kappa shape index (κ3) is 7.50. The number of carbonyl (C=O) groups is 1. The Morgan fingerprint density at radius 2 is 1.16 bits per heavy atom. The summed E-state index contributed by atoms with van der Waals surface area (Å²) in [5.74, 6) is 0.639. The largest absolute Gasteiger partial charge is 0.470 e. The first-order valence-corrected chi connectivity index (χ1v) is 15.6. The lowest BCUT2D eigenvalue weighted by Gasteiger charge is -2.35. The zero-order valence-electron chi connectivity index (χ0n) is 25.3. The van der Waals surface area contributed by atoms with E-state index in [9.17, 15) is 4.79 Å². The SMILES string of the molecule is O=C(Oc1ccc(/C(=N\OCc2ccccc2)OCc2ccccc2)cc1)C1(c2ccc(-c3ccccc3)cc2)CCCCC1. The molecule has 0 amide bonds. The number of esters is 1. The van der Waals surface area contributed by atoms with Crippen LogP contribution in [0.1, 0.15) is 54.4 Å². The molecule has 1 fully saturated rings. The van der Waals surface area contributed by atoms with Crippen molar-refractivity contribution >= 4 is 11.9 Å². The highest BCUT2D eigenvalue weighted by molar-refractivity contribution is 5.94. The Labute approximate surface area is 265 Å². The van der Waals surface area contributed by atoms with Crippen molar-refractivity contribution in [3.8, 4) is 16.9 Å². The molecule has 226 valence electrons. The zero-order valence-corrected chi connectivity index (χ0v) is 25.3. The van der Waals surface area contributed by atoms with Crippen LogP contribution in [-0.4, -0.2) is 11.9 Å². The highest BCUT2D eigenvalue weighted by Gasteiger charge is 2.43. The Bertz CT molecular complexity index is 1680. The van der Waals surface area contributed by atoms with Crippen LogP contribution in [0.4, 0.5) is 0 Å². The van der Waals surface area contributed by atoms with E-state index in [1.807, 2.05) is 91.0 Å².